The maximum atomic E-state index is 12.1. The molecule has 1 amide bonds. The number of rotatable bonds is 5. The summed E-state index contributed by atoms with van der Waals surface area (Å²) >= 11 is 9.39. The minimum Gasteiger partial charge on any atom is -0.482 e. The third-order valence-corrected chi connectivity index (χ3v) is 4.90. The van der Waals surface area contributed by atoms with E-state index in [1.165, 1.54) is 0 Å². The van der Waals surface area contributed by atoms with Gasteiger partial charge in [0, 0.05) is 30.7 Å². The fourth-order valence-corrected chi connectivity index (χ4v) is 3.34. The van der Waals surface area contributed by atoms with Crippen molar-refractivity contribution in [3.05, 3.63) is 46.0 Å². The lowest BCUT2D eigenvalue weighted by Gasteiger charge is -2.33. The van der Waals surface area contributed by atoms with Gasteiger partial charge in [-0.3, -0.25) is 4.79 Å². The summed E-state index contributed by atoms with van der Waals surface area (Å²) in [6, 6.07) is 9.01. The highest BCUT2D eigenvalue weighted by atomic mass is 79.9. The van der Waals surface area contributed by atoms with Crippen LogP contribution >= 0.6 is 27.5 Å². The number of nitrogens with one attached hydrogen (secondary N) is 1. The van der Waals surface area contributed by atoms with Crippen molar-refractivity contribution < 1.29 is 9.53 Å². The fraction of sp³-hybridized carbons (Fsp3) is 0.333. The van der Waals surface area contributed by atoms with Crippen molar-refractivity contribution in [2.45, 2.75) is 0 Å². The predicted octanol–water partition coefficient (Wildman–Crippen LogP) is 3.27. The van der Waals surface area contributed by atoms with Gasteiger partial charge < -0.3 is 19.9 Å². The number of carbonyl (C=O) groups excluding carboxylic acids is 1. The molecule has 0 radical (unpaired) electrons. The van der Waals surface area contributed by atoms with Crippen LogP contribution in [0, 0.1) is 0 Å². The number of hydrogen-bond acceptors (Lipinski definition) is 5. The standard InChI is InChI=1S/C18H20BrClN4O2/c1-23-6-8-24(9-7-23)17-5-3-14(11-21-17)22-18(25)12-26-16-4-2-13(19)10-15(16)20/h2-5,10-11H,6-9,12H2,1H3,(H,22,25). The number of hydrogen-bond donors (Lipinski definition) is 1. The summed E-state index contributed by atoms with van der Waals surface area (Å²) < 4.78 is 6.31. The summed E-state index contributed by atoms with van der Waals surface area (Å²) in [7, 11) is 2.12. The number of amides is 1. The molecule has 1 N–H and O–H groups in total. The van der Waals surface area contributed by atoms with Gasteiger partial charge in [-0.25, -0.2) is 4.98 Å². The van der Waals surface area contributed by atoms with Crippen LogP contribution in [-0.4, -0.2) is 55.6 Å². The van der Waals surface area contributed by atoms with Crippen molar-refractivity contribution in [1.82, 2.24) is 9.88 Å². The Labute approximate surface area is 166 Å². The van der Waals surface area contributed by atoms with Crippen molar-refractivity contribution >= 4 is 44.9 Å². The lowest BCUT2D eigenvalue weighted by atomic mass is 10.3. The normalized spacial score (nSPS) is 15.0. The van der Waals surface area contributed by atoms with E-state index in [0.717, 1.165) is 36.5 Å². The summed E-state index contributed by atoms with van der Waals surface area (Å²) in [4.78, 5) is 21.0. The van der Waals surface area contributed by atoms with Gasteiger partial charge in [-0.05, 0) is 37.4 Å². The van der Waals surface area contributed by atoms with Gasteiger partial charge in [0.1, 0.15) is 11.6 Å². The molecule has 26 heavy (non-hydrogen) atoms. The second-order valence-electron chi connectivity index (χ2n) is 6.11. The summed E-state index contributed by atoms with van der Waals surface area (Å²) in [6.45, 7) is 3.84. The maximum absolute atomic E-state index is 12.1. The summed E-state index contributed by atoms with van der Waals surface area (Å²) in [5.74, 6) is 1.13. The van der Waals surface area contributed by atoms with Gasteiger partial charge in [0.15, 0.2) is 6.61 Å². The smallest absolute Gasteiger partial charge is 0.262 e. The first kappa shape index (κ1) is 18.9. The van der Waals surface area contributed by atoms with Gasteiger partial charge in [-0.15, -0.1) is 0 Å². The van der Waals surface area contributed by atoms with Gasteiger partial charge in [-0.1, -0.05) is 27.5 Å². The molecule has 0 saturated carbocycles. The van der Waals surface area contributed by atoms with Crippen LogP contribution in [0.15, 0.2) is 41.0 Å². The van der Waals surface area contributed by atoms with Crippen molar-refractivity contribution in [2.24, 2.45) is 0 Å². The molecule has 1 aromatic heterocycles. The molecule has 1 aliphatic rings. The molecule has 0 bridgehead atoms. The molecule has 138 valence electrons. The van der Waals surface area contributed by atoms with Gasteiger partial charge in [0.25, 0.3) is 5.91 Å². The molecule has 0 aliphatic carbocycles. The average Bonchev–Trinajstić information content (AvgIpc) is 2.62. The van der Waals surface area contributed by atoms with E-state index < -0.39 is 0 Å². The van der Waals surface area contributed by atoms with E-state index in [1.807, 2.05) is 12.1 Å². The Bertz CT molecular complexity index is 764. The molecule has 0 atom stereocenters. The van der Waals surface area contributed by atoms with E-state index in [0.29, 0.717) is 16.5 Å². The van der Waals surface area contributed by atoms with E-state index >= 15 is 0 Å². The van der Waals surface area contributed by atoms with Crippen LogP contribution in [-0.2, 0) is 4.79 Å². The van der Waals surface area contributed by atoms with Crippen LogP contribution in [0.2, 0.25) is 5.02 Å². The number of carbonyl (C=O) groups is 1. The van der Waals surface area contributed by atoms with Crippen molar-refractivity contribution in [3.8, 4) is 5.75 Å². The van der Waals surface area contributed by atoms with Crippen molar-refractivity contribution in [2.75, 3.05) is 50.1 Å². The SMILES string of the molecule is CN1CCN(c2ccc(NC(=O)COc3ccc(Br)cc3Cl)cn2)CC1. The Kier molecular flexibility index (Phi) is 6.34. The van der Waals surface area contributed by atoms with Crippen molar-refractivity contribution in [3.63, 3.8) is 0 Å². The summed E-state index contributed by atoms with van der Waals surface area (Å²) in [5, 5.41) is 3.22. The highest BCUT2D eigenvalue weighted by Gasteiger charge is 2.15. The van der Waals surface area contributed by atoms with Gasteiger partial charge in [-0.2, -0.15) is 0 Å². The molecule has 1 saturated heterocycles. The first-order chi connectivity index (χ1) is 12.5. The highest BCUT2D eigenvalue weighted by Crippen LogP contribution is 2.27. The van der Waals surface area contributed by atoms with E-state index in [-0.39, 0.29) is 12.5 Å². The van der Waals surface area contributed by atoms with Crippen LogP contribution in [0.3, 0.4) is 0 Å². The topological polar surface area (TPSA) is 57.7 Å². The number of aromatic nitrogens is 1. The Morgan fingerprint density at radius 3 is 2.69 bits per heavy atom. The number of piperazine rings is 1. The molecule has 0 spiro atoms. The molecular formula is C18H20BrClN4O2. The summed E-state index contributed by atoms with van der Waals surface area (Å²) in [5.41, 5.74) is 0.637. The van der Waals surface area contributed by atoms with E-state index in [1.54, 1.807) is 24.4 Å². The van der Waals surface area contributed by atoms with Crippen LogP contribution in [0.1, 0.15) is 0 Å². The molecule has 3 rings (SSSR count). The van der Waals surface area contributed by atoms with Gasteiger partial charge in [0.2, 0.25) is 0 Å². The third kappa shape index (κ3) is 5.09. The second-order valence-corrected chi connectivity index (χ2v) is 7.43. The molecule has 2 aromatic rings. The monoisotopic (exact) mass is 438 g/mol. The van der Waals surface area contributed by atoms with Gasteiger partial charge >= 0.3 is 0 Å². The Morgan fingerprint density at radius 2 is 2.04 bits per heavy atom. The lowest BCUT2D eigenvalue weighted by Crippen LogP contribution is -2.44. The number of halogens is 2. The molecular weight excluding hydrogens is 420 g/mol. The van der Waals surface area contributed by atoms with E-state index in [2.05, 4.69) is 43.1 Å². The highest BCUT2D eigenvalue weighted by molar-refractivity contribution is 9.10. The summed E-state index contributed by atoms with van der Waals surface area (Å²) in [6.07, 6.45) is 1.66. The first-order valence-corrected chi connectivity index (χ1v) is 9.45. The number of ether oxygens (including phenoxy) is 1. The fourth-order valence-electron chi connectivity index (χ4n) is 2.62. The number of nitrogens with zero attached hydrogens (tertiary/aromatic N) is 3. The largest absolute Gasteiger partial charge is 0.482 e. The quantitative estimate of drug-likeness (QED) is 0.775. The Balaban J connectivity index is 1.51. The number of anilines is 2. The van der Waals surface area contributed by atoms with Crippen LogP contribution in [0.25, 0.3) is 0 Å². The molecule has 1 aliphatic heterocycles. The number of pyridine rings is 1. The average molecular weight is 440 g/mol. The molecule has 0 unspecified atom stereocenters. The molecule has 1 fully saturated rings. The number of benzene rings is 1. The van der Waals surface area contributed by atoms with Crippen LogP contribution in [0.4, 0.5) is 11.5 Å². The second kappa shape index (κ2) is 8.70. The van der Waals surface area contributed by atoms with Gasteiger partial charge in [0.05, 0.1) is 16.9 Å². The van der Waals surface area contributed by atoms with E-state index in [4.69, 9.17) is 16.3 Å². The van der Waals surface area contributed by atoms with Crippen LogP contribution in [0.5, 0.6) is 5.75 Å². The minimum atomic E-state index is -0.266. The molecule has 6 nitrogen and oxygen atoms in total. The zero-order chi connectivity index (χ0) is 18.5. The maximum Gasteiger partial charge on any atom is 0.262 e. The van der Waals surface area contributed by atoms with Crippen molar-refractivity contribution in [1.29, 1.82) is 0 Å². The number of likely N-dealkylation sites (N-methyl/N-ethyl adjacent to an activating group) is 1. The minimum absolute atomic E-state index is 0.123. The zero-order valence-corrected chi connectivity index (χ0v) is 16.8. The Hall–Kier alpha value is -1.83. The lowest BCUT2D eigenvalue weighted by molar-refractivity contribution is -0.118. The molecule has 2 heterocycles. The molecule has 1 aromatic carbocycles. The first-order valence-electron chi connectivity index (χ1n) is 8.28. The zero-order valence-electron chi connectivity index (χ0n) is 14.4. The van der Waals surface area contributed by atoms with E-state index in [9.17, 15) is 4.79 Å². The third-order valence-electron chi connectivity index (χ3n) is 4.11. The molecule has 8 heteroatoms. The predicted molar refractivity (Wildman–Crippen MR) is 107 cm³/mol. The Morgan fingerprint density at radius 1 is 1.27 bits per heavy atom. The van der Waals surface area contributed by atoms with Crippen LogP contribution < -0.4 is 15.0 Å².